The summed E-state index contributed by atoms with van der Waals surface area (Å²) in [4.78, 5) is 12.3. The molecule has 3 rings (SSSR count). The summed E-state index contributed by atoms with van der Waals surface area (Å²) in [6.45, 7) is 5.42. The number of hydrogen-bond donors (Lipinski definition) is 1. The zero-order valence-corrected chi connectivity index (χ0v) is 15.9. The predicted octanol–water partition coefficient (Wildman–Crippen LogP) is 5.02. The van der Waals surface area contributed by atoms with Gasteiger partial charge in [-0.15, -0.1) is 0 Å². The van der Waals surface area contributed by atoms with Gasteiger partial charge in [-0.05, 0) is 30.4 Å². The van der Waals surface area contributed by atoms with E-state index in [-0.39, 0.29) is 5.92 Å². The standard InChI is InChI=1S/C19H25BrO4/c1-12(2)15-16(19(18(21)22)7-4-3-5-8-19)13(20)11-14-17(15)24-10-6-9-23-14/h11-12H,3-10H2,1-2H3,(H,21,22). The Balaban J connectivity index is 2.26. The van der Waals surface area contributed by atoms with Crippen LogP contribution < -0.4 is 9.47 Å². The first-order valence-electron chi connectivity index (χ1n) is 8.83. The Labute approximate surface area is 151 Å². The SMILES string of the molecule is CC(C)c1c2c(cc(Br)c1C1(C(=O)O)CCCCC1)OCCCO2. The number of carbonyl (C=O) groups is 1. The fourth-order valence-corrected chi connectivity index (χ4v) is 4.86. The molecule has 1 N–H and O–H groups in total. The van der Waals surface area contributed by atoms with E-state index in [1.165, 1.54) is 0 Å². The van der Waals surface area contributed by atoms with E-state index < -0.39 is 11.4 Å². The van der Waals surface area contributed by atoms with E-state index in [1.807, 2.05) is 6.07 Å². The summed E-state index contributed by atoms with van der Waals surface area (Å²) in [5.41, 5.74) is 1.06. The van der Waals surface area contributed by atoms with Crippen molar-refractivity contribution in [2.75, 3.05) is 13.2 Å². The Kier molecular flexibility index (Phi) is 5.09. The van der Waals surface area contributed by atoms with Gasteiger partial charge in [0.05, 0.1) is 18.6 Å². The number of carboxylic acid groups (broad SMARTS) is 1. The summed E-state index contributed by atoms with van der Waals surface area (Å²) in [7, 11) is 0. The third kappa shape index (κ3) is 2.92. The van der Waals surface area contributed by atoms with E-state index in [0.717, 1.165) is 52.8 Å². The van der Waals surface area contributed by atoms with Crippen molar-refractivity contribution < 1.29 is 19.4 Å². The molecule has 1 aromatic carbocycles. The highest BCUT2D eigenvalue weighted by molar-refractivity contribution is 9.10. The second-order valence-corrected chi connectivity index (χ2v) is 7.98. The van der Waals surface area contributed by atoms with Crippen molar-refractivity contribution in [2.24, 2.45) is 0 Å². The largest absolute Gasteiger partial charge is 0.490 e. The van der Waals surface area contributed by atoms with Gasteiger partial charge in [0.1, 0.15) is 0 Å². The predicted molar refractivity (Wildman–Crippen MR) is 96.2 cm³/mol. The van der Waals surface area contributed by atoms with Gasteiger partial charge < -0.3 is 14.6 Å². The Hall–Kier alpha value is -1.23. The van der Waals surface area contributed by atoms with Gasteiger partial charge >= 0.3 is 5.97 Å². The van der Waals surface area contributed by atoms with E-state index in [4.69, 9.17) is 9.47 Å². The highest BCUT2D eigenvalue weighted by Gasteiger charge is 2.45. The summed E-state index contributed by atoms with van der Waals surface area (Å²) in [5.74, 6) is 0.903. The van der Waals surface area contributed by atoms with Crippen molar-refractivity contribution in [3.63, 3.8) is 0 Å². The van der Waals surface area contributed by atoms with E-state index in [1.54, 1.807) is 0 Å². The molecule has 1 aliphatic heterocycles. The lowest BCUT2D eigenvalue weighted by molar-refractivity contribution is -0.145. The first-order chi connectivity index (χ1) is 11.5. The van der Waals surface area contributed by atoms with Gasteiger partial charge in [0.2, 0.25) is 0 Å². The molecule has 0 amide bonds. The minimum absolute atomic E-state index is 0.158. The summed E-state index contributed by atoms with van der Waals surface area (Å²) >= 11 is 3.66. The van der Waals surface area contributed by atoms with E-state index >= 15 is 0 Å². The zero-order chi connectivity index (χ0) is 17.3. The van der Waals surface area contributed by atoms with Crippen LogP contribution in [0.15, 0.2) is 10.5 Å². The number of aliphatic carboxylic acids is 1. The summed E-state index contributed by atoms with van der Waals surface area (Å²) in [5, 5.41) is 10.1. The van der Waals surface area contributed by atoms with Gasteiger partial charge in [-0.1, -0.05) is 49.0 Å². The van der Waals surface area contributed by atoms with Crippen LogP contribution in [-0.2, 0) is 10.2 Å². The molecule has 5 heteroatoms. The number of fused-ring (bicyclic) bond motifs is 1. The first-order valence-corrected chi connectivity index (χ1v) is 9.62. The molecular weight excluding hydrogens is 372 g/mol. The molecule has 1 heterocycles. The van der Waals surface area contributed by atoms with E-state index in [0.29, 0.717) is 26.1 Å². The quantitative estimate of drug-likeness (QED) is 0.778. The smallest absolute Gasteiger partial charge is 0.314 e. The van der Waals surface area contributed by atoms with Crippen LogP contribution in [0.25, 0.3) is 0 Å². The lowest BCUT2D eigenvalue weighted by Gasteiger charge is -2.37. The second-order valence-electron chi connectivity index (χ2n) is 7.13. The highest BCUT2D eigenvalue weighted by Crippen LogP contribution is 2.51. The van der Waals surface area contributed by atoms with Crippen LogP contribution in [0.5, 0.6) is 11.5 Å². The lowest BCUT2D eigenvalue weighted by atomic mass is 9.67. The van der Waals surface area contributed by atoms with Crippen molar-refractivity contribution in [3.8, 4) is 11.5 Å². The van der Waals surface area contributed by atoms with Gasteiger partial charge in [0.25, 0.3) is 0 Å². The molecule has 0 radical (unpaired) electrons. The fourth-order valence-electron chi connectivity index (χ4n) is 4.06. The number of rotatable bonds is 3. The second kappa shape index (κ2) is 6.95. The molecule has 132 valence electrons. The van der Waals surface area contributed by atoms with Crippen LogP contribution >= 0.6 is 15.9 Å². The molecule has 0 spiro atoms. The van der Waals surface area contributed by atoms with Crippen molar-refractivity contribution in [3.05, 3.63) is 21.7 Å². The van der Waals surface area contributed by atoms with Gasteiger partial charge in [-0.25, -0.2) is 0 Å². The van der Waals surface area contributed by atoms with Crippen molar-refractivity contribution in [1.82, 2.24) is 0 Å². The van der Waals surface area contributed by atoms with E-state index in [2.05, 4.69) is 29.8 Å². The van der Waals surface area contributed by atoms with Gasteiger partial charge in [0, 0.05) is 16.5 Å². The topological polar surface area (TPSA) is 55.8 Å². The molecule has 1 aromatic rings. The monoisotopic (exact) mass is 396 g/mol. The average Bonchev–Trinajstić information content (AvgIpc) is 2.78. The molecule has 0 saturated heterocycles. The molecule has 1 saturated carbocycles. The number of ether oxygens (including phenoxy) is 2. The maximum absolute atomic E-state index is 12.3. The minimum Gasteiger partial charge on any atom is -0.490 e. The third-order valence-electron chi connectivity index (χ3n) is 5.20. The average molecular weight is 397 g/mol. The van der Waals surface area contributed by atoms with Gasteiger partial charge in [0.15, 0.2) is 11.5 Å². The molecule has 1 fully saturated rings. The highest BCUT2D eigenvalue weighted by atomic mass is 79.9. The van der Waals surface area contributed by atoms with Crippen LogP contribution in [0.3, 0.4) is 0 Å². The van der Waals surface area contributed by atoms with Crippen LogP contribution in [0.4, 0.5) is 0 Å². The van der Waals surface area contributed by atoms with Crippen LogP contribution in [0, 0.1) is 0 Å². The van der Waals surface area contributed by atoms with Crippen LogP contribution in [-0.4, -0.2) is 24.3 Å². The summed E-state index contributed by atoms with van der Waals surface area (Å²) in [6.07, 6.45) is 5.20. The third-order valence-corrected chi connectivity index (χ3v) is 5.82. The minimum atomic E-state index is -0.832. The van der Waals surface area contributed by atoms with Gasteiger partial charge in [-0.2, -0.15) is 0 Å². The molecule has 0 aromatic heterocycles. The first kappa shape index (κ1) is 17.6. The number of hydrogen-bond acceptors (Lipinski definition) is 3. The number of halogens is 1. The number of carboxylic acids is 1. The Morgan fingerprint density at radius 1 is 1.17 bits per heavy atom. The van der Waals surface area contributed by atoms with Gasteiger partial charge in [-0.3, -0.25) is 4.79 Å². The molecule has 2 aliphatic rings. The van der Waals surface area contributed by atoms with Crippen molar-refractivity contribution in [1.29, 1.82) is 0 Å². The normalized spacial score (nSPS) is 19.8. The zero-order valence-electron chi connectivity index (χ0n) is 14.4. The molecular formula is C19H25BrO4. The molecule has 1 aliphatic carbocycles. The van der Waals surface area contributed by atoms with Crippen molar-refractivity contribution in [2.45, 2.75) is 63.7 Å². The lowest BCUT2D eigenvalue weighted by Crippen LogP contribution is -2.39. The summed E-state index contributed by atoms with van der Waals surface area (Å²) < 4.78 is 12.7. The van der Waals surface area contributed by atoms with E-state index in [9.17, 15) is 9.90 Å². The maximum Gasteiger partial charge on any atom is 0.314 e. The van der Waals surface area contributed by atoms with Crippen LogP contribution in [0.1, 0.15) is 69.4 Å². The van der Waals surface area contributed by atoms with Crippen LogP contribution in [0.2, 0.25) is 0 Å². The van der Waals surface area contributed by atoms with Crippen molar-refractivity contribution >= 4 is 21.9 Å². The fraction of sp³-hybridized carbons (Fsp3) is 0.632. The Bertz CT molecular complexity index is 633. The number of benzene rings is 1. The summed E-state index contributed by atoms with van der Waals surface area (Å²) in [6, 6.07) is 1.90. The Morgan fingerprint density at radius 2 is 1.83 bits per heavy atom. The molecule has 0 bridgehead atoms. The Morgan fingerprint density at radius 3 is 2.46 bits per heavy atom. The molecule has 0 unspecified atom stereocenters. The maximum atomic E-state index is 12.3. The molecule has 4 nitrogen and oxygen atoms in total. The molecule has 24 heavy (non-hydrogen) atoms. The molecule has 0 atom stereocenters.